The maximum atomic E-state index is 12.3. The Labute approximate surface area is 134 Å². The summed E-state index contributed by atoms with van der Waals surface area (Å²) in [7, 11) is 3.62. The third kappa shape index (κ3) is 4.40. The minimum Gasteiger partial charge on any atom is -0.448 e. The lowest BCUT2D eigenvalue weighted by Gasteiger charge is -2.13. The molecule has 1 aromatic carbocycles. The molecular formula is C16H20N4O3. The van der Waals surface area contributed by atoms with E-state index in [0.717, 1.165) is 0 Å². The Balaban J connectivity index is 2.14. The highest BCUT2D eigenvalue weighted by atomic mass is 16.3. The Morgan fingerprint density at radius 2 is 1.83 bits per heavy atom. The van der Waals surface area contributed by atoms with Crippen LogP contribution in [0, 0.1) is 0 Å². The number of benzene rings is 1. The molecule has 7 nitrogen and oxygen atoms in total. The third-order valence-corrected chi connectivity index (χ3v) is 3.09. The van der Waals surface area contributed by atoms with Crippen molar-refractivity contribution in [1.29, 1.82) is 0 Å². The molecule has 0 aliphatic carbocycles. The molecule has 1 heterocycles. The normalized spacial score (nSPS) is 10.6. The molecule has 0 aliphatic rings. The number of likely N-dealkylation sites (N-methyl/N-ethyl adjacent to an activating group) is 1. The number of aryl methyl sites for hydroxylation is 1. The summed E-state index contributed by atoms with van der Waals surface area (Å²) in [5.74, 6) is -0.00563. The van der Waals surface area contributed by atoms with Crippen LogP contribution in [-0.2, 0) is 11.2 Å². The van der Waals surface area contributed by atoms with Crippen LogP contribution in [0.4, 0.5) is 11.4 Å². The first kappa shape index (κ1) is 16.7. The molecule has 2 N–H and O–H groups in total. The summed E-state index contributed by atoms with van der Waals surface area (Å²) >= 11 is 0. The van der Waals surface area contributed by atoms with Gasteiger partial charge in [0.15, 0.2) is 12.1 Å². The summed E-state index contributed by atoms with van der Waals surface area (Å²) in [5.41, 5.74) is 1.30. The average Bonchev–Trinajstić information content (AvgIpc) is 2.97. The van der Waals surface area contributed by atoms with E-state index in [2.05, 4.69) is 15.6 Å². The molecule has 0 fully saturated rings. The first-order valence-corrected chi connectivity index (χ1v) is 7.28. The SMILES string of the molecule is CCc1ocnc1C(=O)Nc1ccccc1NC(=O)CN(C)C. The molecule has 7 heteroatoms. The van der Waals surface area contributed by atoms with Crippen molar-refractivity contribution >= 4 is 23.2 Å². The number of para-hydroxylation sites is 2. The molecule has 0 saturated carbocycles. The summed E-state index contributed by atoms with van der Waals surface area (Å²) in [6.07, 6.45) is 1.82. The number of rotatable bonds is 6. The van der Waals surface area contributed by atoms with Gasteiger partial charge in [-0.25, -0.2) is 4.98 Å². The molecule has 0 atom stereocenters. The van der Waals surface area contributed by atoms with E-state index < -0.39 is 0 Å². The Hall–Kier alpha value is -2.67. The summed E-state index contributed by atoms with van der Waals surface area (Å²) in [4.78, 5) is 29.9. The van der Waals surface area contributed by atoms with Gasteiger partial charge in [-0.15, -0.1) is 0 Å². The molecule has 23 heavy (non-hydrogen) atoms. The molecule has 0 spiro atoms. The van der Waals surface area contributed by atoms with Crippen LogP contribution in [-0.4, -0.2) is 42.3 Å². The zero-order valence-electron chi connectivity index (χ0n) is 13.4. The van der Waals surface area contributed by atoms with Gasteiger partial charge in [0.1, 0.15) is 5.76 Å². The summed E-state index contributed by atoms with van der Waals surface area (Å²) < 4.78 is 5.16. The number of carbonyl (C=O) groups is 2. The van der Waals surface area contributed by atoms with E-state index >= 15 is 0 Å². The molecule has 0 radical (unpaired) electrons. The number of carbonyl (C=O) groups excluding carboxylic acids is 2. The van der Waals surface area contributed by atoms with Crippen molar-refractivity contribution in [3.05, 3.63) is 42.1 Å². The lowest BCUT2D eigenvalue weighted by Crippen LogP contribution is -2.27. The van der Waals surface area contributed by atoms with Crippen molar-refractivity contribution in [2.24, 2.45) is 0 Å². The molecular weight excluding hydrogens is 296 g/mol. The number of hydrogen-bond acceptors (Lipinski definition) is 5. The minimum absolute atomic E-state index is 0.160. The monoisotopic (exact) mass is 316 g/mol. The van der Waals surface area contributed by atoms with Gasteiger partial charge in [0.2, 0.25) is 5.91 Å². The third-order valence-electron chi connectivity index (χ3n) is 3.09. The van der Waals surface area contributed by atoms with Crippen LogP contribution in [0.2, 0.25) is 0 Å². The Morgan fingerprint density at radius 1 is 1.17 bits per heavy atom. The molecule has 0 unspecified atom stereocenters. The molecule has 0 aliphatic heterocycles. The minimum atomic E-state index is -0.370. The van der Waals surface area contributed by atoms with Crippen LogP contribution in [0.25, 0.3) is 0 Å². The van der Waals surface area contributed by atoms with E-state index in [1.165, 1.54) is 6.39 Å². The van der Waals surface area contributed by atoms with Gasteiger partial charge in [-0.2, -0.15) is 0 Å². The second kappa shape index (κ2) is 7.55. The van der Waals surface area contributed by atoms with Gasteiger partial charge in [-0.1, -0.05) is 19.1 Å². The number of oxazole rings is 1. The van der Waals surface area contributed by atoms with Crippen LogP contribution in [0.5, 0.6) is 0 Å². The average molecular weight is 316 g/mol. The van der Waals surface area contributed by atoms with E-state index in [0.29, 0.717) is 23.6 Å². The van der Waals surface area contributed by atoms with Gasteiger partial charge < -0.3 is 20.0 Å². The maximum Gasteiger partial charge on any atom is 0.277 e. The topological polar surface area (TPSA) is 87.5 Å². The van der Waals surface area contributed by atoms with Crippen LogP contribution >= 0.6 is 0 Å². The predicted octanol–water partition coefficient (Wildman–Crippen LogP) is 1.99. The van der Waals surface area contributed by atoms with Crippen molar-refractivity contribution in [2.45, 2.75) is 13.3 Å². The number of nitrogens with zero attached hydrogens (tertiary/aromatic N) is 2. The van der Waals surface area contributed by atoms with Crippen molar-refractivity contribution < 1.29 is 14.0 Å². The van der Waals surface area contributed by atoms with Crippen molar-refractivity contribution in [1.82, 2.24) is 9.88 Å². The summed E-state index contributed by atoms with van der Waals surface area (Å²) in [6, 6.07) is 7.01. The summed E-state index contributed by atoms with van der Waals surface area (Å²) in [5, 5.41) is 5.54. The van der Waals surface area contributed by atoms with Crippen molar-refractivity contribution in [3.63, 3.8) is 0 Å². The fourth-order valence-electron chi connectivity index (χ4n) is 2.07. The van der Waals surface area contributed by atoms with Gasteiger partial charge in [-0.3, -0.25) is 9.59 Å². The number of anilines is 2. The second-order valence-corrected chi connectivity index (χ2v) is 5.26. The van der Waals surface area contributed by atoms with E-state index in [1.54, 1.807) is 29.2 Å². The van der Waals surface area contributed by atoms with Gasteiger partial charge in [0.25, 0.3) is 5.91 Å². The molecule has 0 bridgehead atoms. The molecule has 122 valence electrons. The quantitative estimate of drug-likeness (QED) is 0.851. The molecule has 2 aromatic rings. The van der Waals surface area contributed by atoms with Gasteiger partial charge in [0.05, 0.1) is 17.9 Å². The first-order chi connectivity index (χ1) is 11.0. The summed E-state index contributed by atoms with van der Waals surface area (Å²) in [6.45, 7) is 2.14. The standard InChI is InChI=1S/C16H20N4O3/c1-4-13-15(17-10-23-13)16(22)19-12-8-6-5-7-11(12)18-14(21)9-20(2)3/h5-8,10H,4,9H2,1-3H3,(H,18,21)(H,19,22). The Bertz CT molecular complexity index is 694. The number of amides is 2. The van der Waals surface area contributed by atoms with Crippen molar-refractivity contribution in [2.75, 3.05) is 31.3 Å². The van der Waals surface area contributed by atoms with Crippen LogP contribution < -0.4 is 10.6 Å². The highest BCUT2D eigenvalue weighted by Gasteiger charge is 2.17. The second-order valence-electron chi connectivity index (χ2n) is 5.26. The highest BCUT2D eigenvalue weighted by Crippen LogP contribution is 2.22. The largest absolute Gasteiger partial charge is 0.448 e. The first-order valence-electron chi connectivity index (χ1n) is 7.28. The molecule has 0 saturated heterocycles. The van der Waals surface area contributed by atoms with E-state index in [4.69, 9.17) is 4.42 Å². The highest BCUT2D eigenvalue weighted by molar-refractivity contribution is 6.06. The molecule has 1 aromatic heterocycles. The number of hydrogen-bond donors (Lipinski definition) is 2. The Morgan fingerprint density at radius 3 is 2.43 bits per heavy atom. The lowest BCUT2D eigenvalue weighted by atomic mass is 10.2. The van der Waals surface area contributed by atoms with Crippen LogP contribution in [0.15, 0.2) is 35.1 Å². The molecule has 2 rings (SSSR count). The van der Waals surface area contributed by atoms with Crippen LogP contribution in [0.3, 0.4) is 0 Å². The van der Waals surface area contributed by atoms with Gasteiger partial charge in [0, 0.05) is 6.42 Å². The fourth-order valence-corrected chi connectivity index (χ4v) is 2.07. The molecule has 2 amide bonds. The maximum absolute atomic E-state index is 12.3. The zero-order chi connectivity index (χ0) is 16.8. The fraction of sp³-hybridized carbons (Fsp3) is 0.312. The zero-order valence-corrected chi connectivity index (χ0v) is 13.4. The lowest BCUT2D eigenvalue weighted by molar-refractivity contribution is -0.116. The van der Waals surface area contributed by atoms with Gasteiger partial charge >= 0.3 is 0 Å². The number of aromatic nitrogens is 1. The van der Waals surface area contributed by atoms with Crippen LogP contribution in [0.1, 0.15) is 23.2 Å². The van der Waals surface area contributed by atoms with Gasteiger partial charge in [-0.05, 0) is 26.2 Å². The number of nitrogens with one attached hydrogen (secondary N) is 2. The smallest absolute Gasteiger partial charge is 0.277 e. The Kier molecular flexibility index (Phi) is 5.48. The van der Waals surface area contributed by atoms with E-state index in [1.807, 2.05) is 21.0 Å². The van der Waals surface area contributed by atoms with E-state index in [-0.39, 0.29) is 24.1 Å². The predicted molar refractivity (Wildman–Crippen MR) is 87.5 cm³/mol. The van der Waals surface area contributed by atoms with E-state index in [9.17, 15) is 9.59 Å². The van der Waals surface area contributed by atoms with Crippen molar-refractivity contribution in [3.8, 4) is 0 Å².